The van der Waals surface area contributed by atoms with Crippen LogP contribution in [0.2, 0.25) is 0 Å². The summed E-state index contributed by atoms with van der Waals surface area (Å²) >= 11 is 0. The Morgan fingerprint density at radius 3 is 2.47 bits per heavy atom. The summed E-state index contributed by atoms with van der Waals surface area (Å²) in [7, 11) is 0. The molecule has 0 aliphatic carbocycles. The van der Waals surface area contributed by atoms with Crippen LogP contribution in [0.3, 0.4) is 0 Å². The molecule has 78 valence electrons. The fraction of sp³-hybridized carbons (Fsp3) is 0.231. The van der Waals surface area contributed by atoms with Crippen LogP contribution in [-0.2, 0) is 0 Å². The molecule has 15 heavy (non-hydrogen) atoms. The Kier molecular flexibility index (Phi) is 2.60. The van der Waals surface area contributed by atoms with Gasteiger partial charge in [-0.25, -0.2) is 0 Å². The Bertz CT molecular complexity index is 479. The van der Waals surface area contributed by atoms with Gasteiger partial charge in [-0.05, 0) is 23.4 Å². The van der Waals surface area contributed by atoms with Crippen molar-refractivity contribution in [2.24, 2.45) is 5.73 Å². The smallest absolute Gasteiger partial charge is 0.123 e. The Morgan fingerprint density at radius 2 is 1.80 bits per heavy atom. The Hall–Kier alpha value is -1.54. The Balaban J connectivity index is 2.71. The van der Waals surface area contributed by atoms with Crippen LogP contribution in [0.15, 0.2) is 36.4 Å². The second-order valence-electron chi connectivity index (χ2n) is 3.73. The van der Waals surface area contributed by atoms with Gasteiger partial charge in [0, 0.05) is 11.4 Å². The number of nitrogens with two attached hydrogens (primary N) is 1. The van der Waals surface area contributed by atoms with Gasteiger partial charge in [-0.1, -0.05) is 37.3 Å². The van der Waals surface area contributed by atoms with E-state index in [-0.39, 0.29) is 6.04 Å². The third kappa shape index (κ3) is 1.68. The molecule has 0 spiro atoms. The second kappa shape index (κ2) is 3.91. The van der Waals surface area contributed by atoms with E-state index in [1.54, 1.807) is 6.07 Å². The maximum absolute atomic E-state index is 9.71. The maximum atomic E-state index is 9.71. The molecule has 2 heteroatoms. The molecule has 0 bridgehead atoms. The van der Waals surface area contributed by atoms with Crippen LogP contribution in [0.1, 0.15) is 24.9 Å². The largest absolute Gasteiger partial charge is 0.507 e. The van der Waals surface area contributed by atoms with E-state index in [1.807, 2.05) is 30.3 Å². The van der Waals surface area contributed by atoms with Gasteiger partial charge < -0.3 is 10.8 Å². The van der Waals surface area contributed by atoms with Gasteiger partial charge in [0.15, 0.2) is 0 Å². The monoisotopic (exact) mass is 201 g/mol. The van der Waals surface area contributed by atoms with Crippen molar-refractivity contribution in [2.75, 3.05) is 0 Å². The summed E-state index contributed by atoms with van der Waals surface area (Å²) in [5.41, 5.74) is 7.13. The molecule has 0 aromatic heterocycles. The molecule has 0 saturated carbocycles. The van der Waals surface area contributed by atoms with Crippen LogP contribution >= 0.6 is 0 Å². The molecule has 0 heterocycles. The number of phenols is 1. The average molecular weight is 201 g/mol. The zero-order valence-electron chi connectivity index (χ0n) is 8.77. The topological polar surface area (TPSA) is 46.2 Å². The molecule has 0 unspecified atom stereocenters. The van der Waals surface area contributed by atoms with Crippen LogP contribution in [-0.4, -0.2) is 5.11 Å². The molecular weight excluding hydrogens is 186 g/mol. The van der Waals surface area contributed by atoms with Crippen molar-refractivity contribution in [3.63, 3.8) is 0 Å². The highest BCUT2D eigenvalue weighted by molar-refractivity contribution is 5.91. The number of fused-ring (bicyclic) bond motifs is 1. The normalized spacial score (nSPS) is 12.9. The summed E-state index contributed by atoms with van der Waals surface area (Å²) in [5.74, 6) is 0.317. The average Bonchev–Trinajstić information content (AvgIpc) is 2.29. The summed E-state index contributed by atoms with van der Waals surface area (Å²) < 4.78 is 0. The van der Waals surface area contributed by atoms with Gasteiger partial charge in [0.05, 0.1) is 0 Å². The summed E-state index contributed by atoms with van der Waals surface area (Å²) in [6.45, 7) is 2.06. The van der Waals surface area contributed by atoms with Crippen molar-refractivity contribution in [2.45, 2.75) is 19.4 Å². The minimum atomic E-state index is 0.0375. The van der Waals surface area contributed by atoms with E-state index in [2.05, 4.69) is 6.92 Å². The lowest BCUT2D eigenvalue weighted by Crippen LogP contribution is -2.08. The molecule has 0 aliphatic rings. The molecule has 2 aromatic rings. The predicted octanol–water partition coefficient (Wildman–Crippen LogP) is 2.96. The minimum Gasteiger partial charge on any atom is -0.507 e. The van der Waals surface area contributed by atoms with Crippen molar-refractivity contribution >= 4 is 10.8 Å². The highest BCUT2D eigenvalue weighted by Crippen LogP contribution is 2.30. The van der Waals surface area contributed by atoms with E-state index in [9.17, 15) is 5.11 Å². The molecular formula is C13H15NO. The first-order chi connectivity index (χ1) is 7.24. The molecule has 0 fully saturated rings. The van der Waals surface area contributed by atoms with Crippen LogP contribution in [0.5, 0.6) is 5.75 Å². The maximum Gasteiger partial charge on any atom is 0.123 e. The zero-order valence-corrected chi connectivity index (χ0v) is 8.77. The van der Waals surface area contributed by atoms with Crippen molar-refractivity contribution in [1.82, 2.24) is 0 Å². The molecule has 0 radical (unpaired) electrons. The van der Waals surface area contributed by atoms with Gasteiger partial charge in [-0.2, -0.15) is 0 Å². The Labute approximate surface area is 89.3 Å². The lowest BCUT2D eigenvalue weighted by Gasteiger charge is -2.13. The highest BCUT2D eigenvalue weighted by atomic mass is 16.3. The Morgan fingerprint density at radius 1 is 1.13 bits per heavy atom. The zero-order chi connectivity index (χ0) is 10.8. The standard InChI is InChI=1S/C13H15NO/c1-2-12(14)10-7-8-13(15)11-6-4-3-5-9(10)11/h3-8,12,15H,2,14H2,1H3/t12-/m0/s1. The van der Waals surface area contributed by atoms with Crippen molar-refractivity contribution < 1.29 is 5.11 Å². The lowest BCUT2D eigenvalue weighted by atomic mass is 9.97. The number of phenolic OH excluding ortho intramolecular Hbond substituents is 1. The van der Waals surface area contributed by atoms with E-state index in [1.165, 1.54) is 0 Å². The van der Waals surface area contributed by atoms with Gasteiger partial charge >= 0.3 is 0 Å². The first kappa shape index (κ1) is 9.99. The third-order valence-corrected chi connectivity index (χ3v) is 2.77. The number of hydrogen-bond donors (Lipinski definition) is 2. The fourth-order valence-electron chi connectivity index (χ4n) is 1.85. The van der Waals surface area contributed by atoms with Crippen LogP contribution in [0.25, 0.3) is 10.8 Å². The third-order valence-electron chi connectivity index (χ3n) is 2.77. The molecule has 1 atom stereocenters. The first-order valence-corrected chi connectivity index (χ1v) is 5.20. The summed E-state index contributed by atoms with van der Waals surface area (Å²) in [5, 5.41) is 11.6. The number of benzene rings is 2. The van der Waals surface area contributed by atoms with Crippen molar-refractivity contribution in [3.8, 4) is 5.75 Å². The molecule has 2 nitrogen and oxygen atoms in total. The number of hydrogen-bond acceptors (Lipinski definition) is 2. The van der Waals surface area contributed by atoms with Gasteiger partial charge in [0.25, 0.3) is 0 Å². The molecule has 0 saturated heterocycles. The van der Waals surface area contributed by atoms with Gasteiger partial charge in [-0.3, -0.25) is 0 Å². The first-order valence-electron chi connectivity index (χ1n) is 5.20. The van der Waals surface area contributed by atoms with E-state index < -0.39 is 0 Å². The molecule has 0 amide bonds. The predicted molar refractivity (Wildman–Crippen MR) is 62.8 cm³/mol. The number of aromatic hydroxyl groups is 1. The molecule has 0 aliphatic heterocycles. The van der Waals surface area contributed by atoms with Crippen molar-refractivity contribution in [3.05, 3.63) is 42.0 Å². The molecule has 2 aromatic carbocycles. The summed E-state index contributed by atoms with van der Waals surface area (Å²) in [6, 6.07) is 11.5. The number of rotatable bonds is 2. The van der Waals surface area contributed by atoms with E-state index >= 15 is 0 Å². The lowest BCUT2D eigenvalue weighted by molar-refractivity contribution is 0.481. The van der Waals surface area contributed by atoms with Gasteiger partial charge in [0.1, 0.15) is 5.75 Å². The fourth-order valence-corrected chi connectivity index (χ4v) is 1.85. The summed E-state index contributed by atoms with van der Waals surface area (Å²) in [4.78, 5) is 0. The summed E-state index contributed by atoms with van der Waals surface area (Å²) in [6.07, 6.45) is 0.898. The van der Waals surface area contributed by atoms with Gasteiger partial charge in [-0.15, -0.1) is 0 Å². The SMILES string of the molecule is CC[C@H](N)c1ccc(O)c2ccccc12. The van der Waals surface area contributed by atoms with E-state index in [0.29, 0.717) is 5.75 Å². The second-order valence-corrected chi connectivity index (χ2v) is 3.73. The van der Waals surface area contributed by atoms with Crippen LogP contribution < -0.4 is 5.73 Å². The molecule has 3 N–H and O–H groups in total. The van der Waals surface area contributed by atoms with Gasteiger partial charge in [0.2, 0.25) is 0 Å². The van der Waals surface area contributed by atoms with Crippen LogP contribution in [0, 0.1) is 0 Å². The minimum absolute atomic E-state index is 0.0375. The van der Waals surface area contributed by atoms with E-state index in [0.717, 1.165) is 22.8 Å². The van der Waals surface area contributed by atoms with Crippen LogP contribution in [0.4, 0.5) is 0 Å². The molecule has 2 rings (SSSR count). The highest BCUT2D eigenvalue weighted by Gasteiger charge is 2.09. The quantitative estimate of drug-likeness (QED) is 0.784. The van der Waals surface area contributed by atoms with Crippen molar-refractivity contribution in [1.29, 1.82) is 0 Å². The van der Waals surface area contributed by atoms with E-state index in [4.69, 9.17) is 5.73 Å².